The van der Waals surface area contributed by atoms with Gasteiger partial charge >= 0.3 is 0 Å². The van der Waals surface area contributed by atoms with Gasteiger partial charge in [0.05, 0.1) is 6.10 Å². The molecule has 0 fully saturated rings. The van der Waals surface area contributed by atoms with E-state index in [1.165, 1.54) is 24.8 Å². The van der Waals surface area contributed by atoms with E-state index < -0.39 is 0 Å². The second-order valence-corrected chi connectivity index (χ2v) is 3.14. The topological polar surface area (TPSA) is 20.2 Å². The number of aliphatic hydroxyl groups excluding tert-OH is 1. The molecule has 0 aromatic rings. The molecule has 1 aliphatic carbocycles. The molecule has 0 radical (unpaired) electrons. The Labute approximate surface area is 68.4 Å². The molecule has 1 unspecified atom stereocenters. The zero-order chi connectivity index (χ0) is 8.10. The molecule has 1 aliphatic rings. The van der Waals surface area contributed by atoms with Crippen LogP contribution in [0.3, 0.4) is 0 Å². The van der Waals surface area contributed by atoms with Crippen LogP contribution in [0.2, 0.25) is 0 Å². The summed E-state index contributed by atoms with van der Waals surface area (Å²) in [7, 11) is 0. The Hall–Kier alpha value is -0.560. The maximum atomic E-state index is 9.40. The fraction of sp³-hybridized carbons (Fsp3) is 0.600. The highest BCUT2D eigenvalue weighted by Crippen LogP contribution is 2.22. The molecule has 62 valence electrons. The molecule has 0 spiro atoms. The second-order valence-electron chi connectivity index (χ2n) is 3.14. The Balaban J connectivity index is 2.23. The highest BCUT2D eigenvalue weighted by molar-refractivity contribution is 5.08. The third kappa shape index (κ3) is 2.89. The molecule has 0 aromatic carbocycles. The average Bonchev–Trinajstić information content (AvgIpc) is 2.40. The van der Waals surface area contributed by atoms with Crippen molar-refractivity contribution in [1.82, 2.24) is 0 Å². The third-order valence-corrected chi connectivity index (χ3v) is 2.07. The molecule has 0 saturated heterocycles. The van der Waals surface area contributed by atoms with E-state index >= 15 is 0 Å². The van der Waals surface area contributed by atoms with Crippen molar-refractivity contribution in [2.24, 2.45) is 0 Å². The Bertz CT molecular complexity index is 158. The van der Waals surface area contributed by atoms with Crippen LogP contribution in [0.1, 0.15) is 32.1 Å². The van der Waals surface area contributed by atoms with Gasteiger partial charge in [0.25, 0.3) is 0 Å². The van der Waals surface area contributed by atoms with Crippen molar-refractivity contribution in [2.75, 3.05) is 0 Å². The van der Waals surface area contributed by atoms with Gasteiger partial charge in [0.15, 0.2) is 0 Å². The quantitative estimate of drug-likeness (QED) is 0.613. The Morgan fingerprint density at radius 3 is 3.09 bits per heavy atom. The van der Waals surface area contributed by atoms with Gasteiger partial charge in [-0.25, -0.2) is 0 Å². The van der Waals surface area contributed by atoms with Crippen LogP contribution >= 0.6 is 0 Å². The normalized spacial score (nSPS) is 19.5. The molecule has 0 heterocycles. The van der Waals surface area contributed by atoms with Gasteiger partial charge in [0, 0.05) is 0 Å². The zero-order valence-electron chi connectivity index (χ0n) is 6.92. The zero-order valence-corrected chi connectivity index (χ0v) is 6.92. The maximum Gasteiger partial charge on any atom is 0.0611 e. The smallest absolute Gasteiger partial charge is 0.0611 e. The fourth-order valence-electron chi connectivity index (χ4n) is 1.50. The molecule has 0 amide bonds. The summed E-state index contributed by atoms with van der Waals surface area (Å²) >= 11 is 0. The molecule has 0 bridgehead atoms. The van der Waals surface area contributed by atoms with Gasteiger partial charge in [-0.15, -0.1) is 6.58 Å². The van der Waals surface area contributed by atoms with Crippen molar-refractivity contribution in [3.63, 3.8) is 0 Å². The van der Waals surface area contributed by atoms with E-state index in [9.17, 15) is 5.11 Å². The molecular weight excluding hydrogens is 136 g/mol. The molecule has 0 saturated carbocycles. The second kappa shape index (κ2) is 4.35. The summed E-state index contributed by atoms with van der Waals surface area (Å²) in [6.07, 6.45) is 9.08. The van der Waals surface area contributed by atoms with Gasteiger partial charge in [-0.05, 0) is 32.1 Å². The number of aliphatic hydroxyl groups is 1. The lowest BCUT2D eigenvalue weighted by molar-refractivity contribution is 0.177. The lowest BCUT2D eigenvalue weighted by Crippen LogP contribution is -2.05. The maximum absolute atomic E-state index is 9.40. The van der Waals surface area contributed by atoms with E-state index in [0.29, 0.717) is 0 Å². The lowest BCUT2D eigenvalue weighted by Gasteiger charge is -2.07. The standard InChI is InChI=1S/C10H16O/c1-2-5-10(11)8-9-6-3-4-7-9/h2,6,10-11H,1,3-5,7-8H2. The summed E-state index contributed by atoms with van der Waals surface area (Å²) in [5.74, 6) is 0. The van der Waals surface area contributed by atoms with Crippen LogP contribution in [0.25, 0.3) is 0 Å². The summed E-state index contributed by atoms with van der Waals surface area (Å²) in [5.41, 5.74) is 1.43. The predicted octanol–water partition coefficient (Wildman–Crippen LogP) is 2.42. The molecular formula is C10H16O. The highest BCUT2D eigenvalue weighted by atomic mass is 16.3. The Kier molecular flexibility index (Phi) is 3.37. The van der Waals surface area contributed by atoms with Gasteiger partial charge in [0.1, 0.15) is 0 Å². The minimum atomic E-state index is -0.197. The van der Waals surface area contributed by atoms with Crippen molar-refractivity contribution in [3.8, 4) is 0 Å². The van der Waals surface area contributed by atoms with Gasteiger partial charge in [-0.2, -0.15) is 0 Å². The highest BCUT2D eigenvalue weighted by Gasteiger charge is 2.08. The Morgan fingerprint density at radius 1 is 1.73 bits per heavy atom. The molecule has 0 aromatic heterocycles. The number of hydrogen-bond acceptors (Lipinski definition) is 1. The first-order valence-electron chi connectivity index (χ1n) is 4.30. The summed E-state index contributed by atoms with van der Waals surface area (Å²) in [6, 6.07) is 0. The lowest BCUT2D eigenvalue weighted by atomic mass is 10.1. The van der Waals surface area contributed by atoms with Crippen molar-refractivity contribution in [3.05, 3.63) is 24.3 Å². The van der Waals surface area contributed by atoms with Gasteiger partial charge < -0.3 is 5.11 Å². The summed E-state index contributed by atoms with van der Waals surface area (Å²) < 4.78 is 0. The van der Waals surface area contributed by atoms with Gasteiger partial charge in [-0.3, -0.25) is 0 Å². The number of rotatable bonds is 4. The van der Waals surface area contributed by atoms with E-state index in [4.69, 9.17) is 0 Å². The van der Waals surface area contributed by atoms with Crippen molar-refractivity contribution < 1.29 is 5.11 Å². The predicted molar refractivity (Wildman–Crippen MR) is 47.4 cm³/mol. The largest absolute Gasteiger partial charge is 0.392 e. The average molecular weight is 152 g/mol. The summed E-state index contributed by atoms with van der Waals surface area (Å²) in [6.45, 7) is 3.60. The van der Waals surface area contributed by atoms with E-state index in [0.717, 1.165) is 12.8 Å². The van der Waals surface area contributed by atoms with Gasteiger partial charge in [-0.1, -0.05) is 17.7 Å². The van der Waals surface area contributed by atoms with Crippen LogP contribution in [-0.2, 0) is 0 Å². The first kappa shape index (κ1) is 8.54. The van der Waals surface area contributed by atoms with Crippen LogP contribution in [0.5, 0.6) is 0 Å². The molecule has 1 rings (SSSR count). The molecule has 0 aliphatic heterocycles. The number of hydrogen-bond donors (Lipinski definition) is 1. The number of allylic oxidation sites excluding steroid dienone is 1. The van der Waals surface area contributed by atoms with Crippen molar-refractivity contribution in [2.45, 2.75) is 38.2 Å². The van der Waals surface area contributed by atoms with E-state index in [-0.39, 0.29) is 6.10 Å². The molecule has 1 heteroatoms. The first-order valence-corrected chi connectivity index (χ1v) is 4.30. The van der Waals surface area contributed by atoms with Crippen LogP contribution in [-0.4, -0.2) is 11.2 Å². The van der Waals surface area contributed by atoms with Crippen molar-refractivity contribution in [1.29, 1.82) is 0 Å². The van der Waals surface area contributed by atoms with Crippen LogP contribution in [0, 0.1) is 0 Å². The monoisotopic (exact) mass is 152 g/mol. The van der Waals surface area contributed by atoms with Gasteiger partial charge in [0.2, 0.25) is 0 Å². The summed E-state index contributed by atoms with van der Waals surface area (Å²) in [5, 5.41) is 9.40. The molecule has 1 atom stereocenters. The molecule has 1 N–H and O–H groups in total. The minimum absolute atomic E-state index is 0.197. The van der Waals surface area contributed by atoms with E-state index in [1.54, 1.807) is 6.08 Å². The van der Waals surface area contributed by atoms with E-state index in [1.807, 2.05) is 0 Å². The summed E-state index contributed by atoms with van der Waals surface area (Å²) in [4.78, 5) is 0. The van der Waals surface area contributed by atoms with Crippen LogP contribution in [0.15, 0.2) is 24.3 Å². The first-order chi connectivity index (χ1) is 5.33. The molecule has 11 heavy (non-hydrogen) atoms. The minimum Gasteiger partial charge on any atom is -0.392 e. The van der Waals surface area contributed by atoms with E-state index in [2.05, 4.69) is 12.7 Å². The van der Waals surface area contributed by atoms with Crippen LogP contribution in [0.4, 0.5) is 0 Å². The van der Waals surface area contributed by atoms with Crippen LogP contribution < -0.4 is 0 Å². The Morgan fingerprint density at radius 2 is 2.55 bits per heavy atom. The third-order valence-electron chi connectivity index (χ3n) is 2.07. The fourth-order valence-corrected chi connectivity index (χ4v) is 1.50. The van der Waals surface area contributed by atoms with Crippen molar-refractivity contribution >= 4 is 0 Å². The SMILES string of the molecule is C=CCC(O)CC1=CCCC1. The molecule has 1 nitrogen and oxygen atoms in total.